The van der Waals surface area contributed by atoms with Gasteiger partial charge in [0.15, 0.2) is 5.82 Å². The van der Waals surface area contributed by atoms with E-state index < -0.39 is 26.6 Å². The van der Waals surface area contributed by atoms with Crippen LogP contribution in [0.4, 0.5) is 20.3 Å². The summed E-state index contributed by atoms with van der Waals surface area (Å²) in [6.45, 7) is 5.91. The molecule has 5 rings (SSSR count). The summed E-state index contributed by atoms with van der Waals surface area (Å²) < 4.78 is 61.6. The maximum absolute atomic E-state index is 15.3. The van der Waals surface area contributed by atoms with Gasteiger partial charge in [-0.05, 0) is 37.6 Å². The molecular formula is C22H23Cl2F2IN4O3S. The Morgan fingerprint density at radius 2 is 1.94 bits per heavy atom. The average molecular weight is 659 g/mol. The molecule has 3 aliphatic heterocycles. The average Bonchev–Trinajstić information content (AvgIpc) is 3.36. The molecule has 35 heavy (non-hydrogen) atoms. The van der Waals surface area contributed by atoms with Gasteiger partial charge in [-0.3, -0.25) is 4.72 Å². The third-order valence-corrected chi connectivity index (χ3v) is 10.2. The second-order valence-corrected chi connectivity index (χ2v) is 14.3. The van der Waals surface area contributed by atoms with Gasteiger partial charge < -0.3 is 14.5 Å². The summed E-state index contributed by atoms with van der Waals surface area (Å²) >= 11 is 15.1. The first-order valence-corrected chi connectivity index (χ1v) is 14.4. The Labute approximate surface area is 226 Å². The number of nitrogens with one attached hydrogen (secondary N) is 1. The van der Waals surface area contributed by atoms with Crippen molar-refractivity contribution < 1.29 is 21.9 Å². The highest BCUT2D eigenvalue weighted by Gasteiger charge is 2.47. The molecular weight excluding hydrogens is 636 g/mol. The van der Waals surface area contributed by atoms with Crippen LogP contribution in [0.25, 0.3) is 0 Å². The zero-order valence-electron chi connectivity index (χ0n) is 18.5. The fourth-order valence-corrected chi connectivity index (χ4v) is 8.13. The molecule has 1 aromatic carbocycles. The molecule has 0 bridgehead atoms. The number of aromatic nitrogens is 1. The Kier molecular flexibility index (Phi) is 6.88. The van der Waals surface area contributed by atoms with E-state index >= 15 is 4.39 Å². The maximum atomic E-state index is 15.3. The van der Waals surface area contributed by atoms with E-state index in [0.717, 1.165) is 64.0 Å². The van der Waals surface area contributed by atoms with E-state index in [-0.39, 0.29) is 19.3 Å². The van der Waals surface area contributed by atoms with Crippen LogP contribution in [0.5, 0.6) is 0 Å². The number of likely N-dealkylation sites (tertiary alicyclic amines) is 1. The Morgan fingerprint density at radius 3 is 2.57 bits per heavy atom. The molecule has 1 aromatic heterocycles. The molecule has 4 heterocycles. The number of sulfonamides is 1. The molecule has 0 amide bonds. The summed E-state index contributed by atoms with van der Waals surface area (Å²) in [6, 6.07) is 3.54. The van der Waals surface area contributed by atoms with E-state index in [1.165, 1.54) is 6.07 Å². The van der Waals surface area contributed by atoms with Gasteiger partial charge in [0.25, 0.3) is 10.0 Å². The van der Waals surface area contributed by atoms with Crippen LogP contribution >= 0.6 is 45.8 Å². The van der Waals surface area contributed by atoms with Crippen LogP contribution in [-0.4, -0.2) is 67.7 Å². The molecule has 3 saturated heterocycles. The number of alkyl halides is 1. The molecule has 1 N–H and O–H groups in total. The first-order chi connectivity index (χ1) is 16.5. The number of benzene rings is 1. The minimum atomic E-state index is -4.46. The predicted molar refractivity (Wildman–Crippen MR) is 139 cm³/mol. The van der Waals surface area contributed by atoms with E-state index in [1.807, 2.05) is 4.90 Å². The van der Waals surface area contributed by atoms with Crippen molar-refractivity contribution in [3.05, 3.63) is 46.1 Å². The van der Waals surface area contributed by atoms with Crippen LogP contribution in [0.2, 0.25) is 10.0 Å². The van der Waals surface area contributed by atoms with E-state index in [0.29, 0.717) is 24.2 Å². The van der Waals surface area contributed by atoms with Crippen molar-refractivity contribution in [3.63, 3.8) is 0 Å². The smallest absolute Gasteiger partial charge is 0.267 e. The minimum absolute atomic E-state index is 0.0548. The first-order valence-electron chi connectivity index (χ1n) is 11.1. The summed E-state index contributed by atoms with van der Waals surface area (Å²) in [4.78, 5) is 7.29. The number of anilines is 2. The molecule has 3 aliphatic rings. The monoisotopic (exact) mass is 658 g/mol. The molecule has 1 unspecified atom stereocenters. The number of rotatable bonds is 6. The molecule has 3 fully saturated rings. The van der Waals surface area contributed by atoms with E-state index in [9.17, 15) is 12.8 Å². The molecule has 0 radical (unpaired) electrons. The van der Waals surface area contributed by atoms with E-state index in [4.69, 9.17) is 27.9 Å². The highest BCUT2D eigenvalue weighted by Crippen LogP contribution is 2.44. The summed E-state index contributed by atoms with van der Waals surface area (Å²) in [6.07, 6.45) is 2.87. The lowest BCUT2D eigenvalue weighted by molar-refractivity contribution is -0.105. The van der Waals surface area contributed by atoms with Gasteiger partial charge in [-0.1, -0.05) is 45.8 Å². The lowest BCUT2D eigenvalue weighted by atomic mass is 9.85. The Balaban J connectivity index is 1.33. The van der Waals surface area contributed by atoms with Crippen LogP contribution < -0.4 is 9.62 Å². The van der Waals surface area contributed by atoms with Gasteiger partial charge in [0.2, 0.25) is 0 Å². The Morgan fingerprint density at radius 1 is 1.17 bits per heavy atom. The van der Waals surface area contributed by atoms with Crippen molar-refractivity contribution in [3.8, 4) is 0 Å². The van der Waals surface area contributed by atoms with Gasteiger partial charge in [0.05, 0.1) is 33.5 Å². The van der Waals surface area contributed by atoms with Crippen LogP contribution in [0.15, 0.2) is 29.3 Å². The number of ether oxygens (including phenoxy) is 1. The van der Waals surface area contributed by atoms with Gasteiger partial charge in [0.1, 0.15) is 21.6 Å². The topological polar surface area (TPSA) is 74.8 Å². The van der Waals surface area contributed by atoms with Gasteiger partial charge in [-0.25, -0.2) is 22.2 Å². The zero-order valence-corrected chi connectivity index (χ0v) is 23.0. The summed E-state index contributed by atoms with van der Waals surface area (Å²) in [5, 5.41) is -0.608. The highest BCUT2D eigenvalue weighted by molar-refractivity contribution is 14.1. The molecule has 0 saturated carbocycles. The van der Waals surface area contributed by atoms with E-state index in [2.05, 4.69) is 37.2 Å². The van der Waals surface area contributed by atoms with Gasteiger partial charge in [0, 0.05) is 31.6 Å². The predicted octanol–water partition coefficient (Wildman–Crippen LogP) is 4.57. The van der Waals surface area contributed by atoms with Crippen molar-refractivity contribution in [1.29, 1.82) is 0 Å². The summed E-state index contributed by atoms with van der Waals surface area (Å²) in [5.41, 5.74) is 0.668. The number of hydrogen-bond donors (Lipinski definition) is 1. The highest BCUT2D eigenvalue weighted by atomic mass is 127. The number of hydrogen-bond acceptors (Lipinski definition) is 6. The van der Waals surface area contributed by atoms with Crippen molar-refractivity contribution in [1.82, 2.24) is 9.88 Å². The molecule has 1 atom stereocenters. The van der Waals surface area contributed by atoms with Gasteiger partial charge >= 0.3 is 0 Å². The zero-order chi connectivity index (χ0) is 25.0. The lowest BCUT2D eigenvalue weighted by Crippen LogP contribution is -2.46. The molecule has 7 nitrogen and oxygen atoms in total. The molecule has 190 valence electrons. The van der Waals surface area contributed by atoms with Crippen LogP contribution in [-0.2, 0) is 14.8 Å². The number of pyridine rings is 1. The van der Waals surface area contributed by atoms with Crippen LogP contribution in [0.1, 0.15) is 12.8 Å². The molecule has 0 aliphatic carbocycles. The first kappa shape index (κ1) is 25.7. The fourth-order valence-electron chi connectivity index (χ4n) is 5.03. The standard InChI is InChI=1S/C22H23Cl2F2IN4O3S/c23-15-7-16(18(24)19(26)20(15)35(32,33)29-17-2-1-14(25)8-28-17)31-6-4-22(27,11-31)10-30-5-3-21(9-30)12-34-13-21/h1-2,7-8H,3-6,9-13H2,(H,28,29). The molecule has 13 heteroatoms. The SMILES string of the molecule is O=S(=O)(Nc1ccc(F)cn1)c1c(Cl)cc(N2CCC(I)(CN3CCC4(COC4)C3)C2)c(Cl)c1F. The third-order valence-electron chi connectivity index (χ3n) is 6.82. The van der Waals surface area contributed by atoms with Crippen molar-refractivity contribution >= 4 is 67.3 Å². The Hall–Kier alpha value is -0.990. The van der Waals surface area contributed by atoms with Crippen LogP contribution in [0, 0.1) is 17.0 Å². The van der Waals surface area contributed by atoms with Gasteiger partial charge in [-0.2, -0.15) is 0 Å². The summed E-state index contributed by atoms with van der Waals surface area (Å²) in [7, 11) is -4.46. The number of halogens is 5. The summed E-state index contributed by atoms with van der Waals surface area (Å²) in [5.74, 6) is -1.95. The largest absolute Gasteiger partial charge is 0.380 e. The van der Waals surface area contributed by atoms with Crippen molar-refractivity contribution in [2.75, 3.05) is 55.6 Å². The minimum Gasteiger partial charge on any atom is -0.380 e. The van der Waals surface area contributed by atoms with Crippen LogP contribution in [0.3, 0.4) is 0 Å². The lowest BCUT2D eigenvalue weighted by Gasteiger charge is -2.38. The number of nitrogens with zero attached hydrogens (tertiary/aromatic N) is 3. The second-order valence-electron chi connectivity index (χ2n) is 9.58. The van der Waals surface area contributed by atoms with Gasteiger partial charge in [-0.15, -0.1) is 0 Å². The second kappa shape index (κ2) is 9.39. The normalized spacial score (nSPS) is 24.2. The quantitative estimate of drug-likeness (QED) is 0.279. The van der Waals surface area contributed by atoms with E-state index in [1.54, 1.807) is 0 Å². The molecule has 1 spiro atoms. The maximum Gasteiger partial charge on any atom is 0.267 e. The Bertz CT molecular complexity index is 1250. The van der Waals surface area contributed by atoms with Crippen molar-refractivity contribution in [2.45, 2.75) is 21.2 Å². The molecule has 2 aromatic rings. The fraction of sp³-hybridized carbons (Fsp3) is 0.500. The van der Waals surface area contributed by atoms with Crippen molar-refractivity contribution in [2.24, 2.45) is 5.41 Å². The third kappa shape index (κ3) is 5.08.